The number of piperazine rings is 2. The zero-order valence-electron chi connectivity index (χ0n) is 35.4. The summed E-state index contributed by atoms with van der Waals surface area (Å²) in [4.78, 5) is 53.4. The van der Waals surface area contributed by atoms with Gasteiger partial charge in [0.1, 0.15) is 11.2 Å². The van der Waals surface area contributed by atoms with E-state index in [1.54, 1.807) is 22.2 Å². The lowest BCUT2D eigenvalue weighted by atomic mass is 10.1. The van der Waals surface area contributed by atoms with E-state index in [2.05, 4.69) is 32.2 Å². The maximum absolute atomic E-state index is 12.4. The van der Waals surface area contributed by atoms with Crippen LogP contribution in [0.25, 0.3) is 21.8 Å². The predicted molar refractivity (Wildman–Crippen MR) is 226 cm³/mol. The molecule has 4 heterocycles. The molecular weight excluding hydrogens is 796 g/mol. The summed E-state index contributed by atoms with van der Waals surface area (Å²) in [7, 11) is 6.60. The lowest BCUT2D eigenvalue weighted by Gasteiger charge is -2.41. The summed E-state index contributed by atoms with van der Waals surface area (Å²) in [6.45, 7) is 19.8. The van der Waals surface area contributed by atoms with Crippen LogP contribution in [0.15, 0.2) is 53.3 Å². The number of rotatable bonds is 3. The molecule has 2 saturated heterocycles. The first-order chi connectivity index (χ1) is 26.6. The number of nitrogens with zero attached hydrogens (tertiary/aromatic N) is 5. The van der Waals surface area contributed by atoms with Gasteiger partial charge in [-0.3, -0.25) is 0 Å². The van der Waals surface area contributed by atoms with Gasteiger partial charge in [-0.1, -0.05) is 22.0 Å². The second kappa shape index (κ2) is 18.7. The number of aryl methyl sites for hydroxylation is 2. The number of halogens is 1. The summed E-state index contributed by atoms with van der Waals surface area (Å²) in [5, 5.41) is 5.02. The van der Waals surface area contributed by atoms with E-state index in [0.29, 0.717) is 17.7 Å². The molecule has 312 valence electrons. The maximum atomic E-state index is 12.4. The Balaban J connectivity index is 0.000000209. The van der Waals surface area contributed by atoms with Crippen LogP contribution in [0.4, 0.5) is 15.3 Å². The van der Waals surface area contributed by atoms with E-state index in [4.69, 9.17) is 18.9 Å². The minimum atomic E-state index is -0.497. The zero-order valence-corrected chi connectivity index (χ0v) is 37.0. The van der Waals surface area contributed by atoms with E-state index < -0.39 is 11.2 Å². The summed E-state index contributed by atoms with van der Waals surface area (Å²) in [5.41, 5.74) is 3.31. The number of hydrogen-bond donors (Lipinski definition) is 1. The maximum Gasteiger partial charge on any atom is 0.410 e. The Kier molecular flexibility index (Phi) is 14.7. The van der Waals surface area contributed by atoms with Gasteiger partial charge in [-0.05, 0) is 85.7 Å². The van der Waals surface area contributed by atoms with Gasteiger partial charge in [0.25, 0.3) is 0 Å². The average molecular weight is 856 g/mol. The Morgan fingerprint density at radius 2 is 1.19 bits per heavy atom. The number of methoxy groups -OCH3 is 2. The van der Waals surface area contributed by atoms with Crippen LogP contribution in [0.3, 0.4) is 0 Å². The number of aromatic nitrogens is 2. The minimum Gasteiger partial charge on any atom is -0.465 e. The van der Waals surface area contributed by atoms with Crippen molar-refractivity contribution >= 4 is 67.5 Å². The molecule has 0 unspecified atom stereocenters. The fourth-order valence-electron chi connectivity index (χ4n) is 6.69. The van der Waals surface area contributed by atoms with Crippen LogP contribution in [0.2, 0.25) is 0 Å². The fraction of sp³-hybridized carbons (Fsp3) is 0.524. The summed E-state index contributed by atoms with van der Waals surface area (Å²) < 4.78 is 25.3. The molecule has 57 heavy (non-hydrogen) atoms. The van der Waals surface area contributed by atoms with Crippen molar-refractivity contribution in [3.05, 3.63) is 64.4 Å². The predicted octanol–water partition coefficient (Wildman–Crippen LogP) is 7.35. The van der Waals surface area contributed by atoms with Crippen LogP contribution < -0.4 is 10.2 Å². The lowest BCUT2D eigenvalue weighted by molar-refractivity contribution is 0.0136. The van der Waals surface area contributed by atoms with Gasteiger partial charge < -0.3 is 48.1 Å². The molecule has 2 aliphatic heterocycles. The monoisotopic (exact) mass is 854 g/mol. The summed E-state index contributed by atoms with van der Waals surface area (Å²) in [6.07, 6.45) is 3.11. The molecule has 0 saturated carbocycles. The van der Waals surface area contributed by atoms with Crippen molar-refractivity contribution < 1.29 is 38.1 Å². The number of carbonyl (C=O) groups excluding carboxylic acids is 4. The van der Waals surface area contributed by atoms with Gasteiger partial charge in [0.15, 0.2) is 0 Å². The van der Waals surface area contributed by atoms with E-state index in [0.717, 1.165) is 64.7 Å². The highest BCUT2D eigenvalue weighted by Gasteiger charge is 2.31. The third-order valence-electron chi connectivity index (χ3n) is 9.49. The van der Waals surface area contributed by atoms with Crippen molar-refractivity contribution in [1.29, 1.82) is 0 Å². The van der Waals surface area contributed by atoms with E-state index in [1.807, 2.05) is 109 Å². The molecule has 0 bridgehead atoms. The highest BCUT2D eigenvalue weighted by Crippen LogP contribution is 2.29. The van der Waals surface area contributed by atoms with Crippen molar-refractivity contribution in [1.82, 2.24) is 24.3 Å². The first kappa shape index (κ1) is 44.9. The molecule has 2 atom stereocenters. The third-order valence-corrected chi connectivity index (χ3v) is 9.98. The Labute approximate surface area is 344 Å². The van der Waals surface area contributed by atoms with Crippen LogP contribution in [-0.4, -0.2) is 120 Å². The summed E-state index contributed by atoms with van der Waals surface area (Å²) >= 11 is 3.40. The van der Waals surface area contributed by atoms with Gasteiger partial charge in [-0.25, -0.2) is 19.2 Å². The fourth-order valence-corrected chi connectivity index (χ4v) is 7.04. The highest BCUT2D eigenvalue weighted by atomic mass is 79.9. The quantitative estimate of drug-likeness (QED) is 0.165. The average Bonchev–Trinajstić information content (AvgIpc) is 3.65. The van der Waals surface area contributed by atoms with Crippen LogP contribution >= 0.6 is 15.9 Å². The standard InChI is InChI=1S/C21H29N3O4.C11H10BrNO2.C10H20N2O2/c1-14-12-23(9-10-24(14)20(26)28-21(2,3)4)15-7-8-16-17(19(25)27-6)13-22(5)18(16)11-15;1-13-6-9(11(14)15-2)8-4-3-7(12)5-10(8)13;1-8-7-11-5-6-12(8)9(13)14-10(2,3)4/h7-8,11,13-14H,9-10,12H2,1-6H3;3-6H,1-2H3;8,11H,5-7H2,1-4H3/t14-;;8-/m0.0/s1. The van der Waals surface area contributed by atoms with Gasteiger partial charge >= 0.3 is 24.1 Å². The SMILES string of the molecule is COC(=O)c1cn(C)c2cc(Br)ccc12.COC(=O)c1cn(C)c2cc(N3CCN(C(=O)OC(C)(C)C)[C@@H](C)C3)ccc12.C[C@H]1CNCCN1C(=O)OC(C)(C)C. The minimum absolute atomic E-state index is 0.0401. The van der Waals surface area contributed by atoms with Gasteiger partial charge in [0.05, 0.1) is 30.9 Å². The largest absolute Gasteiger partial charge is 0.465 e. The van der Waals surface area contributed by atoms with Gasteiger partial charge in [0, 0.05) is 104 Å². The second-order valence-corrected chi connectivity index (χ2v) is 17.3. The van der Waals surface area contributed by atoms with E-state index in [-0.39, 0.29) is 36.2 Å². The number of esters is 2. The van der Waals surface area contributed by atoms with E-state index >= 15 is 0 Å². The van der Waals surface area contributed by atoms with Crippen LogP contribution in [0.5, 0.6) is 0 Å². The molecule has 4 aromatic rings. The Morgan fingerprint density at radius 1 is 0.702 bits per heavy atom. The van der Waals surface area contributed by atoms with Gasteiger partial charge in [-0.2, -0.15) is 0 Å². The van der Waals surface area contributed by atoms with Crippen molar-refractivity contribution in [2.45, 2.75) is 78.7 Å². The van der Waals surface area contributed by atoms with Crippen LogP contribution in [0.1, 0.15) is 76.1 Å². The molecule has 0 spiro atoms. The molecule has 2 aromatic carbocycles. The number of amides is 2. The number of ether oxygens (including phenoxy) is 4. The molecule has 6 rings (SSSR count). The summed E-state index contributed by atoms with van der Waals surface area (Å²) in [5.74, 6) is -0.638. The van der Waals surface area contributed by atoms with E-state index in [9.17, 15) is 19.2 Å². The van der Waals surface area contributed by atoms with Crippen molar-refractivity contribution in [3.8, 4) is 0 Å². The molecular formula is C42H59BrN6O8. The topological polar surface area (TPSA) is 137 Å². The number of nitrogens with one attached hydrogen (secondary N) is 1. The molecule has 0 aliphatic carbocycles. The lowest BCUT2D eigenvalue weighted by Crippen LogP contribution is -2.55. The normalized spacial score (nSPS) is 17.2. The molecule has 2 aliphatic rings. The van der Waals surface area contributed by atoms with Crippen LogP contribution in [-0.2, 0) is 33.0 Å². The first-order valence-corrected chi connectivity index (χ1v) is 19.9. The van der Waals surface area contributed by atoms with Crippen molar-refractivity contribution in [2.75, 3.05) is 58.4 Å². The molecule has 2 fully saturated rings. The molecule has 1 N–H and O–H groups in total. The molecule has 15 heteroatoms. The van der Waals surface area contributed by atoms with Crippen molar-refractivity contribution in [2.24, 2.45) is 14.1 Å². The Bertz CT molecular complexity index is 2060. The number of anilines is 1. The Morgan fingerprint density at radius 3 is 1.67 bits per heavy atom. The van der Waals surface area contributed by atoms with Gasteiger partial charge in [0.2, 0.25) is 0 Å². The Hall–Kier alpha value is -4.76. The molecule has 0 radical (unpaired) electrons. The first-order valence-electron chi connectivity index (χ1n) is 19.1. The third kappa shape index (κ3) is 11.7. The smallest absolute Gasteiger partial charge is 0.410 e. The molecule has 14 nitrogen and oxygen atoms in total. The number of fused-ring (bicyclic) bond motifs is 2. The van der Waals surface area contributed by atoms with Gasteiger partial charge in [-0.15, -0.1) is 0 Å². The molecule has 2 aromatic heterocycles. The summed E-state index contributed by atoms with van der Waals surface area (Å²) in [6, 6.07) is 12.1. The number of carbonyl (C=O) groups is 4. The highest BCUT2D eigenvalue weighted by molar-refractivity contribution is 9.10. The van der Waals surface area contributed by atoms with Crippen molar-refractivity contribution in [3.63, 3.8) is 0 Å². The number of benzene rings is 2. The van der Waals surface area contributed by atoms with Crippen LogP contribution in [0, 0.1) is 0 Å². The zero-order chi connectivity index (χ0) is 42.4. The number of hydrogen-bond acceptors (Lipinski definition) is 10. The van der Waals surface area contributed by atoms with E-state index in [1.165, 1.54) is 14.2 Å². The second-order valence-electron chi connectivity index (χ2n) is 16.3. The molecule has 2 amide bonds.